The monoisotopic (exact) mass is 274 g/mol. The van der Waals surface area contributed by atoms with Crippen LogP contribution < -0.4 is 11.1 Å². The fourth-order valence-corrected chi connectivity index (χ4v) is 1.86. The highest BCUT2D eigenvalue weighted by molar-refractivity contribution is 6.43. The van der Waals surface area contributed by atoms with Gasteiger partial charge in [-0.2, -0.15) is 0 Å². The Balaban J connectivity index is 2.84. The number of benzene rings is 1. The van der Waals surface area contributed by atoms with Gasteiger partial charge in [-0.3, -0.25) is 4.79 Å². The zero-order chi connectivity index (χ0) is 13.0. The summed E-state index contributed by atoms with van der Waals surface area (Å²) in [7, 11) is 0. The van der Waals surface area contributed by atoms with E-state index in [1.165, 1.54) is 0 Å². The van der Waals surface area contributed by atoms with E-state index in [1.807, 2.05) is 13.8 Å². The molecule has 1 aromatic carbocycles. The first kappa shape index (κ1) is 14.3. The van der Waals surface area contributed by atoms with Gasteiger partial charge >= 0.3 is 0 Å². The second kappa shape index (κ2) is 6.24. The van der Waals surface area contributed by atoms with Crippen molar-refractivity contribution in [3.8, 4) is 0 Å². The van der Waals surface area contributed by atoms with E-state index < -0.39 is 0 Å². The minimum Gasteiger partial charge on any atom is -0.330 e. The molecule has 17 heavy (non-hydrogen) atoms. The Morgan fingerprint density at radius 2 is 2.06 bits per heavy atom. The van der Waals surface area contributed by atoms with Gasteiger partial charge in [0.05, 0.1) is 21.7 Å². The van der Waals surface area contributed by atoms with Crippen molar-refractivity contribution in [2.45, 2.75) is 13.8 Å². The topological polar surface area (TPSA) is 55.1 Å². The molecule has 94 valence electrons. The molecule has 1 unspecified atom stereocenters. The number of carbonyl (C=O) groups excluding carboxylic acids is 1. The van der Waals surface area contributed by atoms with E-state index in [0.717, 1.165) is 0 Å². The van der Waals surface area contributed by atoms with Crippen molar-refractivity contribution in [2.24, 2.45) is 17.6 Å². The number of hydrogen-bond donors (Lipinski definition) is 2. The van der Waals surface area contributed by atoms with Crippen LogP contribution in [0, 0.1) is 11.8 Å². The number of nitrogens with one attached hydrogen (secondary N) is 1. The molecule has 1 atom stereocenters. The fraction of sp³-hybridized carbons (Fsp3) is 0.417. The molecule has 1 amide bonds. The van der Waals surface area contributed by atoms with Crippen LogP contribution in [0.3, 0.4) is 0 Å². The summed E-state index contributed by atoms with van der Waals surface area (Å²) in [5.41, 5.74) is 6.09. The van der Waals surface area contributed by atoms with E-state index in [0.29, 0.717) is 22.3 Å². The number of carbonyl (C=O) groups is 1. The van der Waals surface area contributed by atoms with E-state index in [1.54, 1.807) is 18.2 Å². The third kappa shape index (κ3) is 3.60. The Bertz CT molecular complexity index is 407. The Kier molecular flexibility index (Phi) is 5.25. The lowest BCUT2D eigenvalue weighted by Crippen LogP contribution is -2.33. The van der Waals surface area contributed by atoms with E-state index in [-0.39, 0.29) is 17.7 Å². The molecular weight excluding hydrogens is 259 g/mol. The van der Waals surface area contributed by atoms with Gasteiger partial charge in [0, 0.05) is 6.54 Å². The molecule has 3 nitrogen and oxygen atoms in total. The number of hydrogen-bond acceptors (Lipinski definition) is 2. The van der Waals surface area contributed by atoms with E-state index >= 15 is 0 Å². The maximum Gasteiger partial charge on any atom is 0.229 e. The standard InChI is InChI=1S/C12H16Cl2N2O/c1-7(2)8(6-15)12(17)16-10-5-3-4-9(13)11(10)14/h3-5,7-8H,6,15H2,1-2H3,(H,16,17). The number of rotatable bonds is 4. The zero-order valence-electron chi connectivity index (χ0n) is 9.84. The molecule has 0 aliphatic carbocycles. The van der Waals surface area contributed by atoms with Gasteiger partial charge in [0.15, 0.2) is 0 Å². The van der Waals surface area contributed by atoms with Gasteiger partial charge in [-0.1, -0.05) is 43.1 Å². The number of anilines is 1. The number of nitrogens with two attached hydrogens (primary N) is 1. The maximum atomic E-state index is 12.0. The third-order valence-corrected chi connectivity index (χ3v) is 3.42. The second-order valence-electron chi connectivity index (χ2n) is 4.18. The van der Waals surface area contributed by atoms with Gasteiger partial charge in [0.2, 0.25) is 5.91 Å². The Labute approximate surface area is 111 Å². The second-order valence-corrected chi connectivity index (χ2v) is 4.96. The van der Waals surface area contributed by atoms with Crippen LogP contribution >= 0.6 is 23.2 Å². The molecule has 0 aromatic heterocycles. The van der Waals surface area contributed by atoms with Crippen LogP contribution in [0.5, 0.6) is 0 Å². The lowest BCUT2D eigenvalue weighted by atomic mass is 9.95. The Morgan fingerprint density at radius 3 is 2.59 bits per heavy atom. The summed E-state index contributed by atoms with van der Waals surface area (Å²) in [5, 5.41) is 3.51. The summed E-state index contributed by atoms with van der Waals surface area (Å²) < 4.78 is 0. The van der Waals surface area contributed by atoms with Crippen molar-refractivity contribution in [3.05, 3.63) is 28.2 Å². The molecule has 3 N–H and O–H groups in total. The fourth-order valence-electron chi connectivity index (χ4n) is 1.51. The van der Waals surface area contributed by atoms with Crippen LogP contribution in [0.1, 0.15) is 13.8 Å². The highest BCUT2D eigenvalue weighted by Gasteiger charge is 2.21. The lowest BCUT2D eigenvalue weighted by molar-refractivity contribution is -0.120. The molecule has 0 aliphatic heterocycles. The van der Waals surface area contributed by atoms with Gasteiger partial charge < -0.3 is 11.1 Å². The van der Waals surface area contributed by atoms with Gasteiger partial charge in [-0.05, 0) is 18.1 Å². The van der Waals surface area contributed by atoms with Crippen LogP contribution in [0.2, 0.25) is 10.0 Å². The molecule has 0 heterocycles. The Hall–Kier alpha value is -0.770. The number of amides is 1. The third-order valence-electron chi connectivity index (χ3n) is 2.60. The first-order valence-electron chi connectivity index (χ1n) is 5.42. The Morgan fingerprint density at radius 1 is 1.41 bits per heavy atom. The minimum atomic E-state index is -0.231. The predicted octanol–water partition coefficient (Wildman–Crippen LogP) is 3.16. The summed E-state index contributed by atoms with van der Waals surface area (Å²) in [5.74, 6) is -0.185. The summed E-state index contributed by atoms with van der Waals surface area (Å²) in [6.07, 6.45) is 0. The smallest absolute Gasteiger partial charge is 0.229 e. The van der Waals surface area contributed by atoms with Crippen molar-refractivity contribution < 1.29 is 4.79 Å². The van der Waals surface area contributed by atoms with Crippen LogP contribution in [0.4, 0.5) is 5.69 Å². The molecule has 5 heteroatoms. The molecule has 0 fully saturated rings. The van der Waals surface area contributed by atoms with E-state index in [4.69, 9.17) is 28.9 Å². The SMILES string of the molecule is CC(C)C(CN)C(=O)Nc1cccc(Cl)c1Cl. The normalized spacial score (nSPS) is 12.6. The van der Waals surface area contributed by atoms with Crippen molar-refractivity contribution in [1.29, 1.82) is 0 Å². The van der Waals surface area contributed by atoms with Crippen molar-refractivity contribution in [1.82, 2.24) is 0 Å². The molecule has 0 radical (unpaired) electrons. The molecule has 0 aliphatic rings. The van der Waals surface area contributed by atoms with Crippen LogP contribution in [-0.2, 0) is 4.79 Å². The number of halogens is 2. The van der Waals surface area contributed by atoms with Gasteiger partial charge in [-0.25, -0.2) is 0 Å². The first-order chi connectivity index (χ1) is 7.97. The van der Waals surface area contributed by atoms with E-state index in [2.05, 4.69) is 5.32 Å². The largest absolute Gasteiger partial charge is 0.330 e. The molecule has 0 bridgehead atoms. The van der Waals surface area contributed by atoms with Crippen LogP contribution in [0.15, 0.2) is 18.2 Å². The van der Waals surface area contributed by atoms with Crippen LogP contribution in [0.25, 0.3) is 0 Å². The molecular formula is C12H16Cl2N2O. The van der Waals surface area contributed by atoms with Crippen LogP contribution in [-0.4, -0.2) is 12.5 Å². The molecule has 1 rings (SSSR count). The molecule has 0 saturated carbocycles. The van der Waals surface area contributed by atoms with Gasteiger partial charge in [0.1, 0.15) is 0 Å². The quantitative estimate of drug-likeness (QED) is 0.886. The highest BCUT2D eigenvalue weighted by Crippen LogP contribution is 2.30. The van der Waals surface area contributed by atoms with Crippen molar-refractivity contribution >= 4 is 34.8 Å². The van der Waals surface area contributed by atoms with Crippen molar-refractivity contribution in [3.63, 3.8) is 0 Å². The zero-order valence-corrected chi connectivity index (χ0v) is 11.3. The molecule has 0 spiro atoms. The average molecular weight is 275 g/mol. The van der Waals surface area contributed by atoms with Gasteiger partial charge in [0.25, 0.3) is 0 Å². The minimum absolute atomic E-state index is 0.133. The maximum absolute atomic E-state index is 12.0. The van der Waals surface area contributed by atoms with Crippen molar-refractivity contribution in [2.75, 3.05) is 11.9 Å². The highest BCUT2D eigenvalue weighted by atomic mass is 35.5. The molecule has 1 aromatic rings. The summed E-state index contributed by atoms with van der Waals surface area (Å²) >= 11 is 11.9. The summed E-state index contributed by atoms with van der Waals surface area (Å²) in [6.45, 7) is 4.22. The van der Waals surface area contributed by atoms with Gasteiger partial charge in [-0.15, -0.1) is 0 Å². The average Bonchev–Trinajstić information content (AvgIpc) is 2.25. The first-order valence-corrected chi connectivity index (χ1v) is 6.18. The predicted molar refractivity (Wildman–Crippen MR) is 72.5 cm³/mol. The molecule has 0 saturated heterocycles. The summed E-state index contributed by atoms with van der Waals surface area (Å²) in [4.78, 5) is 12.0. The summed E-state index contributed by atoms with van der Waals surface area (Å²) in [6, 6.07) is 5.11. The van der Waals surface area contributed by atoms with E-state index in [9.17, 15) is 4.79 Å². The lowest BCUT2D eigenvalue weighted by Gasteiger charge is -2.18.